The van der Waals surface area contributed by atoms with Gasteiger partial charge in [-0.1, -0.05) is 13.8 Å². The summed E-state index contributed by atoms with van der Waals surface area (Å²) in [5, 5.41) is 23.9. The summed E-state index contributed by atoms with van der Waals surface area (Å²) in [7, 11) is 0. The minimum Gasteiger partial charge on any atom is -0.396 e. The molecule has 0 heterocycles. The number of hydrogen-bond donors (Lipinski definition) is 4. The molecule has 6 heteroatoms. The van der Waals surface area contributed by atoms with E-state index < -0.39 is 17.4 Å². The normalized spacial score (nSPS) is 13.3. The average Bonchev–Trinajstić information content (AvgIpc) is 2.26. The molecule has 0 rings (SSSR count). The molecule has 1 atom stereocenters. The molecule has 2 amide bonds. The Labute approximate surface area is 108 Å². The fraction of sp³-hybridized carbons (Fsp3) is 0.833. The van der Waals surface area contributed by atoms with Crippen LogP contribution in [0.4, 0.5) is 0 Å². The number of carbonyl (C=O) groups excluding carboxylic acids is 2. The Kier molecular flexibility index (Phi) is 6.86. The van der Waals surface area contributed by atoms with E-state index in [1.165, 1.54) is 0 Å². The first-order valence-corrected chi connectivity index (χ1v) is 6.06. The van der Waals surface area contributed by atoms with Crippen molar-refractivity contribution < 1.29 is 19.8 Å². The average molecular weight is 260 g/mol. The third kappa shape index (κ3) is 5.97. The first kappa shape index (κ1) is 16.9. The van der Waals surface area contributed by atoms with E-state index in [1.54, 1.807) is 13.8 Å². The molecule has 0 radical (unpaired) electrons. The van der Waals surface area contributed by atoms with Gasteiger partial charge in [0, 0.05) is 24.4 Å². The summed E-state index contributed by atoms with van der Waals surface area (Å²) in [6, 6.07) is 0.0621. The fourth-order valence-corrected chi connectivity index (χ4v) is 1.23. The number of rotatable bonds is 7. The second-order valence-electron chi connectivity index (χ2n) is 5.31. The Morgan fingerprint density at radius 2 is 1.83 bits per heavy atom. The molecule has 0 fully saturated rings. The third-order valence-corrected chi connectivity index (χ3v) is 2.50. The van der Waals surface area contributed by atoms with Crippen LogP contribution < -0.4 is 10.6 Å². The van der Waals surface area contributed by atoms with Gasteiger partial charge in [-0.25, -0.2) is 0 Å². The van der Waals surface area contributed by atoms with Crippen molar-refractivity contribution in [1.29, 1.82) is 0 Å². The van der Waals surface area contributed by atoms with Gasteiger partial charge in [-0.2, -0.15) is 0 Å². The lowest BCUT2D eigenvalue weighted by atomic mass is 9.87. The molecule has 0 aliphatic rings. The van der Waals surface area contributed by atoms with E-state index in [2.05, 4.69) is 10.6 Å². The van der Waals surface area contributed by atoms with Crippen LogP contribution in [0.5, 0.6) is 0 Å². The Morgan fingerprint density at radius 1 is 1.28 bits per heavy atom. The first-order valence-electron chi connectivity index (χ1n) is 6.06. The first-order chi connectivity index (χ1) is 8.20. The molecule has 0 aromatic rings. The molecule has 0 aromatic carbocycles. The number of aliphatic hydroxyl groups is 2. The Morgan fingerprint density at radius 3 is 2.28 bits per heavy atom. The highest BCUT2D eigenvalue weighted by molar-refractivity contribution is 5.82. The van der Waals surface area contributed by atoms with Crippen LogP contribution in [0, 0.1) is 5.41 Å². The second-order valence-corrected chi connectivity index (χ2v) is 5.31. The Balaban J connectivity index is 4.01. The van der Waals surface area contributed by atoms with Crippen molar-refractivity contribution in [2.75, 3.05) is 13.2 Å². The lowest BCUT2D eigenvalue weighted by Crippen LogP contribution is -2.46. The van der Waals surface area contributed by atoms with Gasteiger partial charge in [-0.05, 0) is 13.8 Å². The van der Waals surface area contributed by atoms with Crippen molar-refractivity contribution in [2.45, 2.75) is 46.3 Å². The second kappa shape index (κ2) is 7.33. The topological polar surface area (TPSA) is 98.7 Å². The van der Waals surface area contributed by atoms with E-state index in [-0.39, 0.29) is 31.5 Å². The molecular formula is C12H24N2O4. The molecule has 0 bridgehead atoms. The van der Waals surface area contributed by atoms with E-state index in [0.717, 1.165) is 0 Å². The van der Waals surface area contributed by atoms with Crippen LogP contribution in [0.25, 0.3) is 0 Å². The van der Waals surface area contributed by atoms with Crippen molar-refractivity contribution >= 4 is 11.8 Å². The third-order valence-electron chi connectivity index (χ3n) is 2.50. The van der Waals surface area contributed by atoms with Gasteiger partial charge in [0.15, 0.2) is 0 Å². The molecule has 0 saturated heterocycles. The maximum absolute atomic E-state index is 11.5. The molecule has 0 aliphatic carbocycles. The van der Waals surface area contributed by atoms with Gasteiger partial charge in [-0.15, -0.1) is 0 Å². The number of carbonyl (C=O) groups is 2. The van der Waals surface area contributed by atoms with Crippen LogP contribution >= 0.6 is 0 Å². The quantitative estimate of drug-likeness (QED) is 0.491. The van der Waals surface area contributed by atoms with E-state index in [1.807, 2.05) is 13.8 Å². The summed E-state index contributed by atoms with van der Waals surface area (Å²) < 4.78 is 0. The fourth-order valence-electron chi connectivity index (χ4n) is 1.23. The number of amides is 2. The standard InChI is InChI=1S/C12H24N2O4/c1-8(2)14-9(16)5-6-13-11(18)10(17)12(3,4)7-15/h8,10,15,17H,5-7H2,1-4H3,(H,13,18)(H,14,16). The van der Waals surface area contributed by atoms with Crippen molar-refractivity contribution in [3.8, 4) is 0 Å². The van der Waals surface area contributed by atoms with Gasteiger partial charge in [0.25, 0.3) is 0 Å². The van der Waals surface area contributed by atoms with Crippen molar-refractivity contribution in [3.05, 3.63) is 0 Å². The van der Waals surface area contributed by atoms with Gasteiger partial charge >= 0.3 is 0 Å². The monoisotopic (exact) mass is 260 g/mol. The zero-order valence-electron chi connectivity index (χ0n) is 11.5. The van der Waals surface area contributed by atoms with Gasteiger partial charge in [-0.3, -0.25) is 9.59 Å². The Bertz CT molecular complexity index is 290. The van der Waals surface area contributed by atoms with E-state index >= 15 is 0 Å². The predicted octanol–water partition coefficient (Wildman–Crippen LogP) is -0.603. The highest BCUT2D eigenvalue weighted by Gasteiger charge is 2.32. The van der Waals surface area contributed by atoms with Gasteiger partial charge in [0.1, 0.15) is 6.10 Å². The summed E-state index contributed by atoms with van der Waals surface area (Å²) >= 11 is 0. The van der Waals surface area contributed by atoms with Crippen molar-refractivity contribution in [1.82, 2.24) is 10.6 Å². The van der Waals surface area contributed by atoms with Gasteiger partial charge in [0.2, 0.25) is 11.8 Å². The minimum atomic E-state index is -1.30. The summed E-state index contributed by atoms with van der Waals surface area (Å²) in [4.78, 5) is 22.8. The molecule has 0 aliphatic heterocycles. The minimum absolute atomic E-state index is 0.0621. The lowest BCUT2D eigenvalue weighted by Gasteiger charge is -2.27. The largest absolute Gasteiger partial charge is 0.396 e. The van der Waals surface area contributed by atoms with E-state index in [9.17, 15) is 14.7 Å². The molecule has 106 valence electrons. The summed E-state index contributed by atoms with van der Waals surface area (Å²) in [5.41, 5.74) is -0.899. The summed E-state index contributed by atoms with van der Waals surface area (Å²) in [6.45, 7) is 6.74. The predicted molar refractivity (Wildman–Crippen MR) is 67.8 cm³/mol. The van der Waals surface area contributed by atoms with E-state index in [0.29, 0.717) is 0 Å². The molecule has 18 heavy (non-hydrogen) atoms. The molecule has 1 unspecified atom stereocenters. The van der Waals surface area contributed by atoms with Gasteiger partial charge in [0.05, 0.1) is 6.61 Å². The Hall–Kier alpha value is -1.14. The molecule has 4 N–H and O–H groups in total. The molecule has 0 aromatic heterocycles. The maximum atomic E-state index is 11.5. The zero-order valence-corrected chi connectivity index (χ0v) is 11.5. The molecule has 6 nitrogen and oxygen atoms in total. The van der Waals surface area contributed by atoms with Gasteiger partial charge < -0.3 is 20.8 Å². The number of hydrogen-bond acceptors (Lipinski definition) is 4. The van der Waals surface area contributed by atoms with Crippen LogP contribution in [-0.4, -0.2) is 47.3 Å². The van der Waals surface area contributed by atoms with Crippen LogP contribution in [0.1, 0.15) is 34.1 Å². The molecule has 0 saturated carbocycles. The molecule has 0 spiro atoms. The lowest BCUT2D eigenvalue weighted by molar-refractivity contribution is -0.137. The van der Waals surface area contributed by atoms with Crippen LogP contribution in [0.15, 0.2) is 0 Å². The number of nitrogens with one attached hydrogen (secondary N) is 2. The highest BCUT2D eigenvalue weighted by atomic mass is 16.3. The maximum Gasteiger partial charge on any atom is 0.249 e. The molecular weight excluding hydrogens is 236 g/mol. The van der Waals surface area contributed by atoms with Crippen LogP contribution in [0.2, 0.25) is 0 Å². The SMILES string of the molecule is CC(C)NC(=O)CCNC(=O)C(O)C(C)(C)CO. The zero-order chi connectivity index (χ0) is 14.3. The number of aliphatic hydroxyl groups excluding tert-OH is 2. The summed E-state index contributed by atoms with van der Waals surface area (Å²) in [5.74, 6) is -0.729. The van der Waals surface area contributed by atoms with Crippen molar-refractivity contribution in [2.24, 2.45) is 5.41 Å². The summed E-state index contributed by atoms with van der Waals surface area (Å²) in [6.07, 6.45) is -1.13. The van der Waals surface area contributed by atoms with Crippen molar-refractivity contribution in [3.63, 3.8) is 0 Å². The highest BCUT2D eigenvalue weighted by Crippen LogP contribution is 2.19. The van der Waals surface area contributed by atoms with E-state index in [4.69, 9.17) is 5.11 Å². The van der Waals surface area contributed by atoms with Crippen LogP contribution in [0.3, 0.4) is 0 Å². The van der Waals surface area contributed by atoms with Crippen LogP contribution in [-0.2, 0) is 9.59 Å². The smallest absolute Gasteiger partial charge is 0.249 e.